The molecule has 3 aromatic rings. The van der Waals surface area contributed by atoms with E-state index in [4.69, 9.17) is 13.9 Å². The lowest BCUT2D eigenvalue weighted by Gasteiger charge is -2.42. The zero-order valence-corrected chi connectivity index (χ0v) is 22.3. The van der Waals surface area contributed by atoms with Gasteiger partial charge < -0.3 is 23.5 Å². The van der Waals surface area contributed by atoms with Gasteiger partial charge in [0.1, 0.15) is 22.6 Å². The van der Waals surface area contributed by atoms with Crippen LogP contribution >= 0.6 is 0 Å². The molecule has 2 aliphatic carbocycles. The maximum Gasteiger partial charge on any atom is 0.251 e. The molecule has 2 aromatic heterocycles. The van der Waals surface area contributed by atoms with Crippen molar-refractivity contribution in [1.29, 1.82) is 0 Å². The normalized spacial score (nSPS) is 23.5. The Hall–Kier alpha value is -2.98. The van der Waals surface area contributed by atoms with Crippen molar-refractivity contribution in [3.8, 4) is 28.7 Å². The Kier molecular flexibility index (Phi) is 6.31. The van der Waals surface area contributed by atoms with Crippen LogP contribution in [-0.2, 0) is 15.7 Å². The van der Waals surface area contributed by atoms with Crippen molar-refractivity contribution in [2.24, 2.45) is 5.41 Å². The molecule has 3 fully saturated rings. The molecule has 4 aliphatic rings. The van der Waals surface area contributed by atoms with Gasteiger partial charge in [-0.15, -0.1) is 10.2 Å². The average Bonchev–Trinajstić information content (AvgIpc) is 3.67. The van der Waals surface area contributed by atoms with Gasteiger partial charge in [0.25, 0.3) is 5.89 Å². The van der Waals surface area contributed by atoms with Crippen molar-refractivity contribution in [3.05, 3.63) is 36.5 Å². The van der Waals surface area contributed by atoms with E-state index in [0.717, 1.165) is 87.3 Å². The number of benzene rings is 1. The van der Waals surface area contributed by atoms with Gasteiger partial charge in [0.15, 0.2) is 0 Å². The monoisotopic (exact) mass is 535 g/mol. The summed E-state index contributed by atoms with van der Waals surface area (Å²) < 4.78 is 34.8. The number of hydrogen-bond donors (Lipinski definition) is 1. The molecule has 2 aliphatic heterocycles. The van der Waals surface area contributed by atoms with E-state index < -0.39 is 11.0 Å². The Morgan fingerprint density at radius 1 is 1.03 bits per heavy atom. The number of pyridine rings is 1. The fourth-order valence-electron chi connectivity index (χ4n) is 5.64. The van der Waals surface area contributed by atoms with Gasteiger partial charge in [-0.05, 0) is 69.2 Å². The van der Waals surface area contributed by atoms with Gasteiger partial charge in [-0.1, -0.05) is 6.42 Å². The Balaban J connectivity index is 1.25. The second-order valence-electron chi connectivity index (χ2n) is 11.1. The average molecular weight is 536 g/mol. The van der Waals surface area contributed by atoms with Crippen molar-refractivity contribution in [3.63, 3.8) is 0 Å². The first-order valence-corrected chi connectivity index (χ1v) is 15.0. The summed E-state index contributed by atoms with van der Waals surface area (Å²) in [5.41, 5.74) is 2.44. The van der Waals surface area contributed by atoms with Crippen molar-refractivity contribution < 1.29 is 18.1 Å². The predicted molar refractivity (Wildman–Crippen MR) is 145 cm³/mol. The van der Waals surface area contributed by atoms with Crippen LogP contribution < -0.4 is 14.4 Å². The van der Waals surface area contributed by atoms with E-state index in [0.29, 0.717) is 24.1 Å². The minimum absolute atomic E-state index is 0.105. The lowest BCUT2D eigenvalue weighted by Crippen LogP contribution is -2.41. The largest absolute Gasteiger partial charge is 0.492 e. The number of nitrogens with one attached hydrogen (secondary N) is 1. The Morgan fingerprint density at radius 3 is 2.76 bits per heavy atom. The van der Waals surface area contributed by atoms with Crippen molar-refractivity contribution >= 4 is 22.5 Å². The highest BCUT2D eigenvalue weighted by Gasteiger charge is 2.38. The summed E-state index contributed by atoms with van der Waals surface area (Å²) in [5, 5.41) is 8.98. The van der Waals surface area contributed by atoms with E-state index in [1.54, 1.807) is 6.20 Å². The molecule has 1 N–H and O–H groups in total. The second kappa shape index (κ2) is 9.96. The summed E-state index contributed by atoms with van der Waals surface area (Å²) in [6.07, 6.45) is 10.6. The molecule has 1 saturated heterocycles. The van der Waals surface area contributed by atoms with Crippen LogP contribution in [0.15, 0.2) is 40.9 Å². The smallest absolute Gasteiger partial charge is 0.251 e. The number of rotatable bonds is 3. The topological polar surface area (TPSA) is 103 Å². The van der Waals surface area contributed by atoms with Crippen LogP contribution in [0.5, 0.6) is 5.75 Å². The molecule has 0 amide bonds. The standard InChI is InChI=1S/C28H33N5O4S/c34-38(22-5-6-22)32-20-4-7-23-24(16-20)36-18-28(9-2-10-28)11-14-35-21-3-1-13-33(17-21)25-15-19(8-12-29-25)26-30-31-27(23)37-26/h4,7-8,12,15-16,21-22,32H,1-3,5-6,9-11,13-14,17-18H2. The second-order valence-corrected chi connectivity index (χ2v) is 12.6. The van der Waals surface area contributed by atoms with E-state index in [-0.39, 0.29) is 16.8 Å². The van der Waals surface area contributed by atoms with Crippen LogP contribution in [0.2, 0.25) is 0 Å². The molecule has 200 valence electrons. The van der Waals surface area contributed by atoms with Gasteiger partial charge in [0.05, 0.1) is 23.5 Å². The van der Waals surface area contributed by atoms with Crippen LogP contribution in [0.25, 0.3) is 22.9 Å². The lowest BCUT2D eigenvalue weighted by molar-refractivity contribution is -0.0158. The van der Waals surface area contributed by atoms with E-state index in [1.807, 2.05) is 30.3 Å². The molecule has 9 nitrogen and oxygen atoms in total. The van der Waals surface area contributed by atoms with Gasteiger partial charge in [0, 0.05) is 48.6 Å². The molecule has 4 heterocycles. The molecule has 38 heavy (non-hydrogen) atoms. The van der Waals surface area contributed by atoms with Crippen molar-refractivity contribution in [1.82, 2.24) is 15.2 Å². The molecule has 1 spiro atoms. The number of fused-ring (bicyclic) bond motifs is 10. The number of anilines is 2. The van der Waals surface area contributed by atoms with Gasteiger partial charge >= 0.3 is 0 Å². The fraction of sp³-hybridized carbons (Fsp3) is 0.536. The van der Waals surface area contributed by atoms with E-state index in [1.165, 1.54) is 6.42 Å². The molecular weight excluding hydrogens is 502 g/mol. The third-order valence-corrected chi connectivity index (χ3v) is 9.82. The molecule has 6 bridgehead atoms. The Labute approximate surface area is 224 Å². The maximum absolute atomic E-state index is 12.5. The van der Waals surface area contributed by atoms with Crippen molar-refractivity contribution in [2.45, 2.75) is 62.7 Å². The quantitative estimate of drug-likeness (QED) is 0.501. The predicted octanol–water partition coefficient (Wildman–Crippen LogP) is 4.97. The van der Waals surface area contributed by atoms with Gasteiger partial charge in [-0.2, -0.15) is 0 Å². The van der Waals surface area contributed by atoms with Crippen LogP contribution in [-0.4, -0.2) is 57.0 Å². The van der Waals surface area contributed by atoms with Crippen LogP contribution in [0.1, 0.15) is 51.4 Å². The van der Waals surface area contributed by atoms with Gasteiger partial charge in [0.2, 0.25) is 5.89 Å². The van der Waals surface area contributed by atoms with Crippen LogP contribution in [0.4, 0.5) is 11.5 Å². The number of ether oxygens (including phenoxy) is 2. The molecule has 10 heteroatoms. The first kappa shape index (κ1) is 24.1. The SMILES string of the molecule is O=S(Nc1ccc2c(c1)OCC1(CCC1)CCOC1CCCN(C1)c1cc(ccn1)-c1nnc-2o1)C1CC1. The molecule has 2 atom stereocenters. The summed E-state index contributed by atoms with van der Waals surface area (Å²) in [5.74, 6) is 2.40. The Morgan fingerprint density at radius 2 is 1.92 bits per heavy atom. The molecule has 2 saturated carbocycles. The summed E-state index contributed by atoms with van der Waals surface area (Å²) >= 11 is 0. The first-order chi connectivity index (χ1) is 18.6. The summed E-state index contributed by atoms with van der Waals surface area (Å²) in [6.45, 7) is 3.12. The zero-order chi connectivity index (χ0) is 25.5. The number of nitrogens with zero attached hydrogens (tertiary/aromatic N) is 4. The highest BCUT2D eigenvalue weighted by atomic mass is 32.2. The van der Waals surface area contributed by atoms with Crippen LogP contribution in [0.3, 0.4) is 0 Å². The highest BCUT2D eigenvalue weighted by Crippen LogP contribution is 2.45. The number of aromatic nitrogens is 3. The van der Waals surface area contributed by atoms with Crippen LogP contribution in [0, 0.1) is 5.41 Å². The number of hydrogen-bond acceptors (Lipinski definition) is 8. The van der Waals surface area contributed by atoms with E-state index in [2.05, 4.69) is 24.8 Å². The van der Waals surface area contributed by atoms with Gasteiger partial charge in [-0.25, -0.2) is 9.19 Å². The fourth-order valence-corrected chi connectivity index (χ4v) is 6.73. The minimum atomic E-state index is -1.09. The molecule has 1 aromatic carbocycles. The molecule has 0 radical (unpaired) electrons. The molecule has 2 unspecified atom stereocenters. The Bertz CT molecular complexity index is 1340. The highest BCUT2D eigenvalue weighted by molar-refractivity contribution is 7.87. The molecule has 7 rings (SSSR count). The van der Waals surface area contributed by atoms with Crippen molar-refractivity contribution in [2.75, 3.05) is 35.9 Å². The zero-order valence-electron chi connectivity index (χ0n) is 21.4. The summed E-state index contributed by atoms with van der Waals surface area (Å²) in [7, 11) is -1.09. The van der Waals surface area contributed by atoms with E-state index in [9.17, 15) is 4.21 Å². The van der Waals surface area contributed by atoms with E-state index >= 15 is 0 Å². The number of piperidine rings is 1. The maximum atomic E-state index is 12.5. The summed E-state index contributed by atoms with van der Waals surface area (Å²) in [6, 6.07) is 9.64. The molecular formula is C28H33N5O4S. The third-order valence-electron chi connectivity index (χ3n) is 8.31. The van der Waals surface area contributed by atoms with Gasteiger partial charge in [-0.3, -0.25) is 0 Å². The summed E-state index contributed by atoms with van der Waals surface area (Å²) in [4.78, 5) is 6.93. The first-order valence-electron chi connectivity index (χ1n) is 13.8. The third kappa shape index (κ3) is 4.91. The lowest BCUT2D eigenvalue weighted by atomic mass is 9.67. The minimum Gasteiger partial charge on any atom is -0.492 e.